The molecule has 0 aromatic heterocycles. The van der Waals surface area contributed by atoms with Crippen molar-refractivity contribution in [3.8, 4) is 5.75 Å². The van der Waals surface area contributed by atoms with Gasteiger partial charge in [0, 0.05) is 16.5 Å². The van der Waals surface area contributed by atoms with Gasteiger partial charge in [-0.05, 0) is 98.8 Å². The van der Waals surface area contributed by atoms with Crippen LogP contribution in [-0.4, -0.2) is 18.5 Å². The SMILES string of the molecule is O=C1OC(c2ccc(Br)cc2)=N/C1=C\c1cc(I)c(OCCc2ccccc2)c(I)c1. The molecule has 0 radical (unpaired) electrons. The molecule has 0 atom stereocenters. The van der Waals surface area contributed by atoms with Crippen molar-refractivity contribution in [2.45, 2.75) is 6.42 Å². The average Bonchev–Trinajstić information content (AvgIpc) is 3.11. The van der Waals surface area contributed by atoms with Crippen LogP contribution in [0.2, 0.25) is 0 Å². The molecule has 1 aliphatic heterocycles. The van der Waals surface area contributed by atoms with E-state index in [0.29, 0.717) is 12.5 Å². The number of halogens is 3. The molecule has 0 aliphatic carbocycles. The monoisotopic (exact) mass is 699 g/mol. The molecule has 4 rings (SSSR count). The first-order valence-corrected chi connectivity index (χ1v) is 12.4. The summed E-state index contributed by atoms with van der Waals surface area (Å²) in [5.74, 6) is 0.715. The van der Waals surface area contributed by atoms with Gasteiger partial charge >= 0.3 is 5.97 Å². The number of carbonyl (C=O) groups is 1. The number of ether oxygens (including phenoxy) is 2. The lowest BCUT2D eigenvalue weighted by Gasteiger charge is -2.11. The Morgan fingerprint density at radius 2 is 1.68 bits per heavy atom. The van der Waals surface area contributed by atoms with E-state index in [-0.39, 0.29) is 5.70 Å². The molecule has 3 aromatic carbocycles. The van der Waals surface area contributed by atoms with E-state index in [1.807, 2.05) is 54.6 Å². The van der Waals surface area contributed by atoms with Crippen LogP contribution in [0.3, 0.4) is 0 Å². The van der Waals surface area contributed by atoms with Crippen LogP contribution in [0.5, 0.6) is 5.75 Å². The molecule has 31 heavy (non-hydrogen) atoms. The van der Waals surface area contributed by atoms with Gasteiger partial charge in [0.05, 0.1) is 13.7 Å². The molecule has 7 heteroatoms. The normalized spacial score (nSPS) is 14.5. The van der Waals surface area contributed by atoms with Gasteiger partial charge in [0.2, 0.25) is 5.90 Å². The van der Waals surface area contributed by atoms with Crippen LogP contribution in [0.15, 0.2) is 81.9 Å². The summed E-state index contributed by atoms with van der Waals surface area (Å²) < 4.78 is 14.3. The highest BCUT2D eigenvalue weighted by molar-refractivity contribution is 14.1. The van der Waals surface area contributed by atoms with E-state index < -0.39 is 5.97 Å². The minimum absolute atomic E-state index is 0.280. The first-order chi connectivity index (χ1) is 15.0. The Bertz CT molecular complexity index is 1150. The molecular formula is C24H16BrI2NO3. The van der Waals surface area contributed by atoms with Crippen molar-refractivity contribution < 1.29 is 14.3 Å². The second-order valence-electron chi connectivity index (χ2n) is 6.74. The van der Waals surface area contributed by atoms with E-state index in [0.717, 1.165) is 34.9 Å². The van der Waals surface area contributed by atoms with E-state index in [1.165, 1.54) is 5.56 Å². The van der Waals surface area contributed by atoms with Gasteiger partial charge in [-0.2, -0.15) is 0 Å². The number of benzene rings is 3. The molecule has 0 bridgehead atoms. The van der Waals surface area contributed by atoms with Crippen LogP contribution in [0.1, 0.15) is 16.7 Å². The third-order valence-electron chi connectivity index (χ3n) is 4.52. The number of cyclic esters (lactones) is 1. The molecule has 1 aliphatic rings. The number of hydrogen-bond donors (Lipinski definition) is 0. The first-order valence-electron chi connectivity index (χ1n) is 9.44. The summed E-state index contributed by atoms with van der Waals surface area (Å²) in [5, 5.41) is 0. The zero-order chi connectivity index (χ0) is 21.8. The minimum atomic E-state index is -0.453. The first kappa shape index (κ1) is 22.5. The van der Waals surface area contributed by atoms with Crippen molar-refractivity contribution in [3.63, 3.8) is 0 Å². The Hall–Kier alpha value is -1.72. The molecule has 0 amide bonds. The molecule has 156 valence electrons. The van der Waals surface area contributed by atoms with Crippen LogP contribution in [-0.2, 0) is 16.0 Å². The Kier molecular flexibility index (Phi) is 7.44. The molecule has 3 aromatic rings. The van der Waals surface area contributed by atoms with Gasteiger partial charge in [-0.3, -0.25) is 0 Å². The van der Waals surface area contributed by atoms with E-state index in [2.05, 4.69) is 78.2 Å². The van der Waals surface area contributed by atoms with Gasteiger partial charge < -0.3 is 9.47 Å². The lowest BCUT2D eigenvalue weighted by atomic mass is 10.1. The fourth-order valence-electron chi connectivity index (χ4n) is 3.00. The zero-order valence-corrected chi connectivity index (χ0v) is 22.0. The maximum atomic E-state index is 12.3. The van der Waals surface area contributed by atoms with Crippen molar-refractivity contribution in [3.05, 3.63) is 101 Å². The molecule has 0 spiro atoms. The Labute approximate surface area is 216 Å². The molecule has 0 saturated heterocycles. The number of esters is 1. The highest BCUT2D eigenvalue weighted by Gasteiger charge is 2.24. The Balaban J connectivity index is 1.50. The fourth-order valence-corrected chi connectivity index (χ4v) is 5.39. The van der Waals surface area contributed by atoms with Gasteiger partial charge in [0.15, 0.2) is 5.70 Å². The van der Waals surface area contributed by atoms with E-state index in [1.54, 1.807) is 6.08 Å². The van der Waals surface area contributed by atoms with Gasteiger partial charge in [-0.25, -0.2) is 9.79 Å². The Morgan fingerprint density at radius 1 is 1.00 bits per heavy atom. The van der Waals surface area contributed by atoms with Crippen LogP contribution in [0.25, 0.3) is 6.08 Å². The predicted molar refractivity (Wildman–Crippen MR) is 142 cm³/mol. The number of nitrogens with zero attached hydrogens (tertiary/aromatic N) is 1. The molecular weight excluding hydrogens is 684 g/mol. The van der Waals surface area contributed by atoms with Crippen LogP contribution in [0.4, 0.5) is 0 Å². The van der Waals surface area contributed by atoms with Crippen molar-refractivity contribution in [1.29, 1.82) is 0 Å². The third kappa shape index (κ3) is 5.75. The zero-order valence-electron chi connectivity index (χ0n) is 16.1. The number of hydrogen-bond acceptors (Lipinski definition) is 4. The van der Waals surface area contributed by atoms with E-state index in [9.17, 15) is 4.79 Å². The lowest BCUT2D eigenvalue weighted by Crippen LogP contribution is -2.05. The van der Waals surface area contributed by atoms with Gasteiger partial charge in [-0.1, -0.05) is 46.3 Å². The predicted octanol–water partition coefficient (Wildman–Crippen LogP) is 6.62. The van der Waals surface area contributed by atoms with Gasteiger partial charge in [0.25, 0.3) is 0 Å². The number of carbonyl (C=O) groups excluding carboxylic acids is 1. The second kappa shape index (κ2) is 10.3. The van der Waals surface area contributed by atoms with Crippen LogP contribution >= 0.6 is 61.1 Å². The van der Waals surface area contributed by atoms with Crippen molar-refractivity contribution in [1.82, 2.24) is 0 Å². The highest BCUT2D eigenvalue weighted by Crippen LogP contribution is 2.31. The number of rotatable bonds is 6. The van der Waals surface area contributed by atoms with Crippen LogP contribution < -0.4 is 4.74 Å². The van der Waals surface area contributed by atoms with E-state index >= 15 is 0 Å². The summed E-state index contributed by atoms with van der Waals surface area (Å²) in [4.78, 5) is 16.7. The standard InChI is InChI=1S/C24H16BrI2NO3/c25-18-8-6-17(7-9-18)23-28-21(24(29)31-23)14-16-12-19(26)22(20(27)13-16)30-11-10-15-4-2-1-3-5-15/h1-9,12-14H,10-11H2/b21-14-. The van der Waals surface area contributed by atoms with Gasteiger partial charge in [0.1, 0.15) is 5.75 Å². The van der Waals surface area contributed by atoms with Gasteiger partial charge in [-0.15, -0.1) is 0 Å². The molecule has 0 fully saturated rings. The molecule has 0 saturated carbocycles. The minimum Gasteiger partial charge on any atom is -0.491 e. The van der Waals surface area contributed by atoms with Crippen molar-refractivity contribution >= 4 is 79.1 Å². The third-order valence-corrected chi connectivity index (χ3v) is 6.65. The van der Waals surface area contributed by atoms with Crippen molar-refractivity contribution in [2.75, 3.05) is 6.61 Å². The maximum Gasteiger partial charge on any atom is 0.363 e. The molecule has 1 heterocycles. The topological polar surface area (TPSA) is 47.9 Å². The maximum absolute atomic E-state index is 12.3. The Morgan fingerprint density at radius 3 is 2.35 bits per heavy atom. The summed E-state index contributed by atoms with van der Waals surface area (Å²) in [7, 11) is 0. The second-order valence-corrected chi connectivity index (χ2v) is 9.98. The summed E-state index contributed by atoms with van der Waals surface area (Å²) in [5.41, 5.74) is 3.15. The summed E-state index contributed by atoms with van der Waals surface area (Å²) >= 11 is 7.92. The van der Waals surface area contributed by atoms with Crippen LogP contribution in [0, 0.1) is 7.14 Å². The quantitative estimate of drug-likeness (QED) is 0.165. The smallest absolute Gasteiger partial charge is 0.363 e. The molecule has 0 N–H and O–H groups in total. The van der Waals surface area contributed by atoms with Crippen molar-refractivity contribution in [2.24, 2.45) is 4.99 Å². The summed E-state index contributed by atoms with van der Waals surface area (Å²) in [6.07, 6.45) is 2.59. The molecule has 0 unspecified atom stereocenters. The largest absolute Gasteiger partial charge is 0.491 e. The molecule has 4 nitrogen and oxygen atoms in total. The highest BCUT2D eigenvalue weighted by atomic mass is 127. The average molecular weight is 700 g/mol. The summed E-state index contributed by atoms with van der Waals surface area (Å²) in [6, 6.07) is 21.7. The lowest BCUT2D eigenvalue weighted by molar-refractivity contribution is -0.129. The summed E-state index contributed by atoms with van der Waals surface area (Å²) in [6.45, 7) is 0.601. The van der Waals surface area contributed by atoms with E-state index in [4.69, 9.17) is 9.47 Å². The number of aliphatic imine (C=N–C) groups is 1. The fraction of sp³-hybridized carbons (Fsp3) is 0.0833.